The lowest BCUT2D eigenvalue weighted by molar-refractivity contribution is -0.125. The fourth-order valence-electron chi connectivity index (χ4n) is 1.90. The summed E-state index contributed by atoms with van der Waals surface area (Å²) in [5.74, 6) is -0.0210. The van der Waals surface area contributed by atoms with Crippen LogP contribution in [0, 0.1) is 0 Å². The summed E-state index contributed by atoms with van der Waals surface area (Å²) >= 11 is 1.02. The van der Waals surface area contributed by atoms with Crippen LogP contribution in [-0.4, -0.2) is 34.3 Å². The van der Waals surface area contributed by atoms with Gasteiger partial charge in [0.15, 0.2) is 0 Å². The number of anilines is 1. The van der Waals surface area contributed by atoms with E-state index in [0.717, 1.165) is 17.3 Å². The summed E-state index contributed by atoms with van der Waals surface area (Å²) in [6.07, 6.45) is 1.05. The number of hydrogen-bond donors (Lipinski definition) is 2. The predicted molar refractivity (Wildman–Crippen MR) is 81.8 cm³/mol. The fourth-order valence-corrected chi connectivity index (χ4v) is 2.62. The van der Waals surface area contributed by atoms with Crippen LogP contribution in [0.1, 0.15) is 18.4 Å². The third-order valence-corrected chi connectivity index (χ3v) is 3.89. The molecule has 112 valence electrons. The summed E-state index contributed by atoms with van der Waals surface area (Å²) in [5, 5.41) is 2.56. The lowest BCUT2D eigenvalue weighted by Gasteiger charge is -2.13. The van der Waals surface area contributed by atoms with E-state index in [1.54, 1.807) is 24.3 Å². The quantitative estimate of drug-likeness (QED) is 0.832. The van der Waals surface area contributed by atoms with E-state index in [9.17, 15) is 14.4 Å². The van der Waals surface area contributed by atoms with E-state index in [-0.39, 0.29) is 29.4 Å². The molecule has 1 fully saturated rings. The minimum Gasteiger partial charge on any atom is -0.330 e. The van der Waals surface area contributed by atoms with Crippen molar-refractivity contribution in [2.24, 2.45) is 5.73 Å². The average molecular weight is 307 g/mol. The number of benzene rings is 1. The first-order valence-electron chi connectivity index (χ1n) is 6.66. The summed E-state index contributed by atoms with van der Waals surface area (Å²) in [5.41, 5.74) is 6.88. The molecule has 0 saturated carbocycles. The van der Waals surface area contributed by atoms with Crippen molar-refractivity contribution < 1.29 is 14.4 Å². The Balaban J connectivity index is 1.91. The number of amides is 3. The summed E-state index contributed by atoms with van der Waals surface area (Å²) in [7, 11) is 0. The number of imide groups is 1. The van der Waals surface area contributed by atoms with Crippen LogP contribution in [0.3, 0.4) is 0 Å². The maximum absolute atomic E-state index is 11.6. The van der Waals surface area contributed by atoms with Crippen molar-refractivity contribution in [3.05, 3.63) is 29.8 Å². The van der Waals surface area contributed by atoms with E-state index in [4.69, 9.17) is 5.73 Å². The molecule has 1 aliphatic heterocycles. The molecule has 7 heteroatoms. The largest absolute Gasteiger partial charge is 0.330 e. The topological polar surface area (TPSA) is 92.5 Å². The SMILES string of the molecule is NCCCC(=O)Nc1ccc(CN2C(=O)CSC2=O)cc1. The number of nitrogens with two attached hydrogens (primary N) is 1. The van der Waals surface area contributed by atoms with Gasteiger partial charge in [0.05, 0.1) is 12.3 Å². The van der Waals surface area contributed by atoms with Gasteiger partial charge >= 0.3 is 0 Å². The molecule has 0 aliphatic carbocycles. The molecule has 6 nitrogen and oxygen atoms in total. The molecule has 21 heavy (non-hydrogen) atoms. The van der Waals surface area contributed by atoms with Gasteiger partial charge in [-0.2, -0.15) is 0 Å². The number of thioether (sulfide) groups is 1. The molecule has 1 saturated heterocycles. The lowest BCUT2D eigenvalue weighted by Crippen LogP contribution is -2.27. The summed E-state index contributed by atoms with van der Waals surface area (Å²) in [6.45, 7) is 0.758. The smallest absolute Gasteiger partial charge is 0.289 e. The van der Waals surface area contributed by atoms with Gasteiger partial charge in [-0.1, -0.05) is 23.9 Å². The van der Waals surface area contributed by atoms with E-state index in [1.807, 2.05) is 0 Å². The highest BCUT2D eigenvalue weighted by Crippen LogP contribution is 2.21. The number of carbonyl (C=O) groups excluding carboxylic acids is 3. The van der Waals surface area contributed by atoms with E-state index < -0.39 is 0 Å². The van der Waals surface area contributed by atoms with Crippen LogP contribution < -0.4 is 11.1 Å². The molecule has 1 aromatic carbocycles. The van der Waals surface area contributed by atoms with Crippen LogP contribution in [0.15, 0.2) is 24.3 Å². The Labute approximate surface area is 127 Å². The molecule has 2 rings (SSSR count). The molecule has 1 aliphatic rings. The molecular formula is C14H17N3O3S. The predicted octanol–water partition coefficient (Wildman–Crippen LogP) is 1.56. The molecule has 1 aromatic rings. The Morgan fingerprint density at radius 3 is 2.57 bits per heavy atom. The highest BCUT2D eigenvalue weighted by Gasteiger charge is 2.29. The summed E-state index contributed by atoms with van der Waals surface area (Å²) in [4.78, 5) is 35.8. The number of hydrogen-bond acceptors (Lipinski definition) is 5. The van der Waals surface area contributed by atoms with Gasteiger partial charge in [0.1, 0.15) is 0 Å². The van der Waals surface area contributed by atoms with Gasteiger partial charge in [0, 0.05) is 12.1 Å². The normalized spacial score (nSPS) is 14.6. The van der Waals surface area contributed by atoms with Crippen molar-refractivity contribution in [2.75, 3.05) is 17.6 Å². The van der Waals surface area contributed by atoms with Crippen LogP contribution in [0.4, 0.5) is 10.5 Å². The van der Waals surface area contributed by atoms with Crippen molar-refractivity contribution in [2.45, 2.75) is 19.4 Å². The Kier molecular flexibility index (Phi) is 5.35. The number of rotatable bonds is 6. The van der Waals surface area contributed by atoms with Crippen molar-refractivity contribution in [3.63, 3.8) is 0 Å². The van der Waals surface area contributed by atoms with Crippen molar-refractivity contribution in [1.29, 1.82) is 0 Å². The Hall–Kier alpha value is -1.86. The third-order valence-electron chi connectivity index (χ3n) is 3.03. The van der Waals surface area contributed by atoms with Gasteiger partial charge in [-0.3, -0.25) is 19.3 Å². The Morgan fingerprint density at radius 2 is 2.00 bits per heavy atom. The number of nitrogens with zero attached hydrogens (tertiary/aromatic N) is 1. The van der Waals surface area contributed by atoms with Crippen LogP contribution in [0.5, 0.6) is 0 Å². The zero-order valence-electron chi connectivity index (χ0n) is 11.5. The molecule has 0 unspecified atom stereocenters. The maximum Gasteiger partial charge on any atom is 0.289 e. The highest BCUT2D eigenvalue weighted by atomic mass is 32.2. The minimum absolute atomic E-state index is 0.0745. The van der Waals surface area contributed by atoms with Gasteiger partial charge < -0.3 is 11.1 Å². The summed E-state index contributed by atoms with van der Waals surface area (Å²) in [6, 6.07) is 7.10. The fraction of sp³-hybridized carbons (Fsp3) is 0.357. The van der Waals surface area contributed by atoms with Gasteiger partial charge in [0.25, 0.3) is 5.24 Å². The van der Waals surface area contributed by atoms with E-state index >= 15 is 0 Å². The molecule has 0 bridgehead atoms. The second kappa shape index (κ2) is 7.24. The first-order valence-corrected chi connectivity index (χ1v) is 7.64. The number of nitrogens with one attached hydrogen (secondary N) is 1. The molecule has 0 radical (unpaired) electrons. The van der Waals surface area contributed by atoms with E-state index in [2.05, 4.69) is 5.32 Å². The van der Waals surface area contributed by atoms with Crippen molar-refractivity contribution >= 4 is 34.5 Å². The molecular weight excluding hydrogens is 290 g/mol. The standard InChI is InChI=1S/C14H17N3O3S/c15-7-1-2-12(18)16-11-5-3-10(4-6-11)8-17-13(19)9-21-14(17)20/h3-6H,1-2,7-9,15H2,(H,16,18). The second-order valence-corrected chi connectivity index (χ2v) is 5.60. The minimum atomic E-state index is -0.209. The molecule has 0 aromatic heterocycles. The zero-order chi connectivity index (χ0) is 15.2. The average Bonchev–Trinajstić information content (AvgIpc) is 2.79. The van der Waals surface area contributed by atoms with Gasteiger partial charge in [0.2, 0.25) is 11.8 Å². The summed E-state index contributed by atoms with van der Waals surface area (Å²) < 4.78 is 0. The maximum atomic E-state index is 11.6. The molecule has 3 amide bonds. The van der Waals surface area contributed by atoms with Crippen LogP contribution in [-0.2, 0) is 16.1 Å². The van der Waals surface area contributed by atoms with Crippen LogP contribution in [0.25, 0.3) is 0 Å². The van der Waals surface area contributed by atoms with Gasteiger partial charge in [-0.05, 0) is 30.7 Å². The molecule has 1 heterocycles. The lowest BCUT2D eigenvalue weighted by atomic mass is 10.2. The number of carbonyl (C=O) groups is 3. The van der Waals surface area contributed by atoms with Crippen molar-refractivity contribution in [1.82, 2.24) is 4.90 Å². The second-order valence-electron chi connectivity index (χ2n) is 4.67. The first kappa shape index (κ1) is 15.5. The van der Waals surface area contributed by atoms with Gasteiger partial charge in [-0.15, -0.1) is 0 Å². The third kappa shape index (κ3) is 4.30. The Morgan fingerprint density at radius 1 is 1.29 bits per heavy atom. The van der Waals surface area contributed by atoms with Crippen LogP contribution >= 0.6 is 11.8 Å². The molecule has 0 spiro atoms. The van der Waals surface area contributed by atoms with E-state index in [1.165, 1.54) is 4.90 Å². The van der Waals surface area contributed by atoms with E-state index in [0.29, 0.717) is 25.1 Å². The molecule has 0 atom stereocenters. The van der Waals surface area contributed by atoms with Gasteiger partial charge in [-0.25, -0.2) is 0 Å². The molecule has 3 N–H and O–H groups in total. The zero-order valence-corrected chi connectivity index (χ0v) is 12.3. The monoisotopic (exact) mass is 307 g/mol. The Bertz CT molecular complexity index is 529. The van der Waals surface area contributed by atoms with Crippen LogP contribution in [0.2, 0.25) is 0 Å². The first-order chi connectivity index (χ1) is 10.1. The highest BCUT2D eigenvalue weighted by molar-refractivity contribution is 8.14. The van der Waals surface area contributed by atoms with Crippen molar-refractivity contribution in [3.8, 4) is 0 Å².